The molecule has 2 aromatic carbocycles. The lowest BCUT2D eigenvalue weighted by molar-refractivity contribution is -0.384. The molecule has 0 spiro atoms. The van der Waals surface area contributed by atoms with Crippen LogP contribution < -0.4 is 10.5 Å². The zero-order chi connectivity index (χ0) is 13.1. The van der Waals surface area contributed by atoms with E-state index in [-0.39, 0.29) is 11.4 Å². The highest BCUT2D eigenvalue weighted by atomic mass is 16.6. The van der Waals surface area contributed by atoms with Crippen LogP contribution in [0.2, 0.25) is 0 Å². The molecule has 0 aliphatic rings. The number of nitrogens with two attached hydrogens (primary N) is 1. The van der Waals surface area contributed by atoms with Gasteiger partial charge in [-0.2, -0.15) is 0 Å². The lowest BCUT2D eigenvalue weighted by Gasteiger charge is -2.09. The maximum Gasteiger partial charge on any atom is 0.295 e. The molecular formula is C13H12N2O3. The van der Waals surface area contributed by atoms with Crippen LogP contribution >= 0.6 is 0 Å². The summed E-state index contributed by atoms with van der Waals surface area (Å²) in [5, 5.41) is 10.8. The Labute approximate surface area is 104 Å². The summed E-state index contributed by atoms with van der Waals surface area (Å²) in [5.41, 5.74) is 6.33. The van der Waals surface area contributed by atoms with Crippen molar-refractivity contribution in [3.05, 3.63) is 58.1 Å². The van der Waals surface area contributed by atoms with Crippen LogP contribution in [0.4, 0.5) is 11.4 Å². The number of benzene rings is 2. The molecule has 0 bridgehead atoms. The van der Waals surface area contributed by atoms with Gasteiger partial charge in [0.15, 0.2) is 0 Å². The molecule has 0 radical (unpaired) electrons. The number of para-hydroxylation sites is 1. The van der Waals surface area contributed by atoms with Crippen molar-refractivity contribution in [1.29, 1.82) is 0 Å². The number of ether oxygens (including phenoxy) is 1. The van der Waals surface area contributed by atoms with E-state index in [1.807, 2.05) is 18.2 Å². The highest BCUT2D eigenvalue weighted by Gasteiger charge is 2.15. The fourth-order valence-corrected chi connectivity index (χ4v) is 1.58. The molecule has 0 atom stereocenters. The first-order chi connectivity index (χ1) is 8.58. The van der Waals surface area contributed by atoms with Gasteiger partial charge < -0.3 is 10.5 Å². The van der Waals surface area contributed by atoms with Gasteiger partial charge >= 0.3 is 0 Å². The third kappa shape index (κ3) is 2.40. The van der Waals surface area contributed by atoms with Crippen LogP contribution in [-0.2, 0) is 0 Å². The molecule has 18 heavy (non-hydrogen) atoms. The minimum Gasteiger partial charge on any atom is -0.457 e. The van der Waals surface area contributed by atoms with E-state index >= 15 is 0 Å². The van der Waals surface area contributed by atoms with E-state index in [1.165, 1.54) is 12.1 Å². The Bertz CT molecular complexity index is 582. The van der Waals surface area contributed by atoms with Crippen LogP contribution in [0.15, 0.2) is 42.5 Å². The van der Waals surface area contributed by atoms with E-state index in [2.05, 4.69) is 0 Å². The molecule has 0 aromatic heterocycles. The van der Waals surface area contributed by atoms with E-state index in [0.717, 1.165) is 5.56 Å². The fraction of sp³-hybridized carbons (Fsp3) is 0.0769. The van der Waals surface area contributed by atoms with Crippen molar-refractivity contribution >= 4 is 11.4 Å². The number of aryl methyl sites for hydroxylation is 1. The molecule has 0 heterocycles. The van der Waals surface area contributed by atoms with Gasteiger partial charge in [0.1, 0.15) is 17.2 Å². The van der Waals surface area contributed by atoms with Crippen molar-refractivity contribution in [2.45, 2.75) is 6.92 Å². The van der Waals surface area contributed by atoms with Crippen molar-refractivity contribution in [2.75, 3.05) is 5.73 Å². The average molecular weight is 244 g/mol. The van der Waals surface area contributed by atoms with E-state index in [0.29, 0.717) is 11.5 Å². The first-order valence-electron chi connectivity index (χ1n) is 5.35. The molecule has 5 heteroatoms. The Morgan fingerprint density at radius 3 is 2.50 bits per heavy atom. The topological polar surface area (TPSA) is 78.4 Å². The summed E-state index contributed by atoms with van der Waals surface area (Å²) in [7, 11) is 0. The molecule has 92 valence electrons. The fourth-order valence-electron chi connectivity index (χ4n) is 1.58. The predicted octanol–water partition coefficient (Wildman–Crippen LogP) is 3.28. The molecule has 0 saturated carbocycles. The van der Waals surface area contributed by atoms with Crippen LogP contribution in [0.1, 0.15) is 5.56 Å². The van der Waals surface area contributed by atoms with Gasteiger partial charge in [-0.1, -0.05) is 18.2 Å². The van der Waals surface area contributed by atoms with Crippen molar-refractivity contribution in [2.24, 2.45) is 0 Å². The molecule has 0 amide bonds. The monoisotopic (exact) mass is 244 g/mol. The summed E-state index contributed by atoms with van der Waals surface area (Å²) in [6.07, 6.45) is 0. The summed E-state index contributed by atoms with van der Waals surface area (Å²) in [4.78, 5) is 10.3. The highest BCUT2D eigenvalue weighted by Crippen LogP contribution is 2.33. The van der Waals surface area contributed by atoms with E-state index in [9.17, 15) is 10.1 Å². The largest absolute Gasteiger partial charge is 0.457 e. The van der Waals surface area contributed by atoms with Gasteiger partial charge in [0, 0.05) is 0 Å². The van der Waals surface area contributed by atoms with Crippen molar-refractivity contribution in [1.82, 2.24) is 0 Å². The summed E-state index contributed by atoms with van der Waals surface area (Å²) in [6, 6.07) is 12.0. The molecule has 0 aliphatic heterocycles. The van der Waals surface area contributed by atoms with Crippen LogP contribution in [0.25, 0.3) is 0 Å². The third-order valence-corrected chi connectivity index (χ3v) is 2.49. The van der Waals surface area contributed by atoms with Crippen LogP contribution in [0.3, 0.4) is 0 Å². The Hall–Kier alpha value is -2.56. The van der Waals surface area contributed by atoms with E-state index < -0.39 is 4.92 Å². The second-order valence-corrected chi connectivity index (χ2v) is 3.85. The molecule has 5 nitrogen and oxygen atoms in total. The SMILES string of the molecule is Cc1cc(N)c([N+](=O)[O-])cc1Oc1ccccc1. The zero-order valence-corrected chi connectivity index (χ0v) is 9.79. The number of anilines is 1. The molecule has 2 rings (SSSR count). The van der Waals surface area contributed by atoms with Gasteiger partial charge in [-0.3, -0.25) is 10.1 Å². The van der Waals surface area contributed by atoms with E-state index in [1.54, 1.807) is 19.1 Å². The predicted molar refractivity (Wildman–Crippen MR) is 68.8 cm³/mol. The Morgan fingerprint density at radius 2 is 1.89 bits per heavy atom. The Kier molecular flexibility index (Phi) is 3.14. The first-order valence-corrected chi connectivity index (χ1v) is 5.35. The molecule has 0 unspecified atom stereocenters. The Morgan fingerprint density at radius 1 is 1.22 bits per heavy atom. The number of nitrogen functional groups attached to an aromatic ring is 1. The van der Waals surface area contributed by atoms with Crippen LogP contribution in [0, 0.1) is 17.0 Å². The van der Waals surface area contributed by atoms with Gasteiger partial charge in [0.05, 0.1) is 11.0 Å². The standard InChI is InChI=1S/C13H12N2O3/c1-9-7-11(14)12(15(16)17)8-13(9)18-10-5-3-2-4-6-10/h2-8H,14H2,1H3. The number of nitrogens with zero attached hydrogens (tertiary/aromatic N) is 1. The Balaban J connectivity index is 2.39. The molecule has 0 saturated heterocycles. The number of hydrogen-bond acceptors (Lipinski definition) is 4. The maximum atomic E-state index is 10.8. The van der Waals surface area contributed by atoms with Crippen molar-refractivity contribution < 1.29 is 9.66 Å². The van der Waals surface area contributed by atoms with Crippen molar-refractivity contribution in [3.8, 4) is 11.5 Å². The third-order valence-electron chi connectivity index (χ3n) is 2.49. The molecule has 2 aromatic rings. The number of rotatable bonds is 3. The lowest BCUT2D eigenvalue weighted by atomic mass is 10.1. The van der Waals surface area contributed by atoms with Gasteiger partial charge in [-0.05, 0) is 30.7 Å². The smallest absolute Gasteiger partial charge is 0.295 e. The summed E-state index contributed by atoms with van der Waals surface area (Å²) in [5.74, 6) is 1.06. The van der Waals surface area contributed by atoms with Gasteiger partial charge in [-0.15, -0.1) is 0 Å². The van der Waals surface area contributed by atoms with E-state index in [4.69, 9.17) is 10.5 Å². The molecule has 2 N–H and O–H groups in total. The lowest BCUT2D eigenvalue weighted by Crippen LogP contribution is -1.98. The molecule has 0 fully saturated rings. The maximum absolute atomic E-state index is 10.8. The number of nitro groups is 1. The quantitative estimate of drug-likeness (QED) is 0.510. The highest BCUT2D eigenvalue weighted by molar-refractivity contribution is 5.63. The summed E-state index contributed by atoms with van der Waals surface area (Å²) >= 11 is 0. The average Bonchev–Trinajstić information content (AvgIpc) is 2.33. The normalized spacial score (nSPS) is 10.1. The molecule has 0 aliphatic carbocycles. The summed E-state index contributed by atoms with van der Waals surface area (Å²) in [6.45, 7) is 1.79. The van der Waals surface area contributed by atoms with Crippen molar-refractivity contribution in [3.63, 3.8) is 0 Å². The second kappa shape index (κ2) is 4.75. The minimum absolute atomic E-state index is 0.137. The minimum atomic E-state index is -0.521. The summed E-state index contributed by atoms with van der Waals surface area (Å²) < 4.78 is 5.59. The zero-order valence-electron chi connectivity index (χ0n) is 9.79. The van der Waals surface area contributed by atoms with Gasteiger partial charge in [0.25, 0.3) is 5.69 Å². The number of hydrogen-bond donors (Lipinski definition) is 1. The van der Waals surface area contributed by atoms with Crippen LogP contribution in [0.5, 0.6) is 11.5 Å². The first kappa shape index (κ1) is 11.9. The molecular weight excluding hydrogens is 232 g/mol. The van der Waals surface area contributed by atoms with Gasteiger partial charge in [-0.25, -0.2) is 0 Å². The second-order valence-electron chi connectivity index (χ2n) is 3.85. The van der Waals surface area contributed by atoms with Gasteiger partial charge in [0.2, 0.25) is 0 Å². The number of nitro benzene ring substituents is 1. The van der Waals surface area contributed by atoms with Crippen LogP contribution in [-0.4, -0.2) is 4.92 Å².